The normalized spacial score (nSPS) is 21.1. The summed E-state index contributed by atoms with van der Waals surface area (Å²) in [4.78, 5) is 11.7. The molecule has 3 heteroatoms. The summed E-state index contributed by atoms with van der Waals surface area (Å²) >= 11 is 0. The van der Waals surface area contributed by atoms with Crippen molar-refractivity contribution in [2.45, 2.75) is 58.9 Å². The number of amides is 1. The van der Waals surface area contributed by atoms with E-state index in [0.717, 1.165) is 19.4 Å². The molecular formula is C13H26N2O. The molecule has 1 aliphatic rings. The molecule has 1 fully saturated rings. The van der Waals surface area contributed by atoms with E-state index >= 15 is 0 Å². The van der Waals surface area contributed by atoms with Crippen molar-refractivity contribution in [3.8, 4) is 0 Å². The van der Waals surface area contributed by atoms with Gasteiger partial charge in [0.25, 0.3) is 0 Å². The number of hydrogen-bond donors (Lipinski definition) is 2. The largest absolute Gasteiger partial charge is 0.356 e. The van der Waals surface area contributed by atoms with E-state index in [0.29, 0.717) is 12.3 Å². The zero-order valence-corrected chi connectivity index (χ0v) is 11.1. The lowest BCUT2D eigenvalue weighted by Gasteiger charge is -2.37. The molecule has 1 atom stereocenters. The molecule has 1 amide bonds. The first-order valence-corrected chi connectivity index (χ1v) is 6.28. The summed E-state index contributed by atoms with van der Waals surface area (Å²) in [5.74, 6) is 0.588. The van der Waals surface area contributed by atoms with Gasteiger partial charge in [-0.2, -0.15) is 0 Å². The summed E-state index contributed by atoms with van der Waals surface area (Å²) in [6.07, 6.45) is 3.65. The van der Waals surface area contributed by atoms with Crippen LogP contribution in [0.5, 0.6) is 0 Å². The lowest BCUT2D eigenvalue weighted by atomic mass is 9.75. The van der Waals surface area contributed by atoms with E-state index in [1.807, 2.05) is 0 Å². The summed E-state index contributed by atoms with van der Waals surface area (Å²) in [7, 11) is 0. The van der Waals surface area contributed by atoms with Gasteiger partial charge in [-0.15, -0.1) is 0 Å². The quantitative estimate of drug-likeness (QED) is 0.771. The Kier molecular flexibility index (Phi) is 4.00. The average Bonchev–Trinajstić information content (AvgIpc) is 2.10. The minimum atomic E-state index is -0.199. The smallest absolute Gasteiger partial charge is 0.221 e. The Morgan fingerprint density at radius 3 is 2.38 bits per heavy atom. The number of nitrogens with two attached hydrogens (primary N) is 1. The Morgan fingerprint density at radius 2 is 2.00 bits per heavy atom. The van der Waals surface area contributed by atoms with Gasteiger partial charge in [-0.05, 0) is 30.6 Å². The average molecular weight is 226 g/mol. The highest BCUT2D eigenvalue weighted by molar-refractivity contribution is 5.77. The zero-order chi connectivity index (χ0) is 12.4. The molecule has 3 nitrogen and oxygen atoms in total. The first-order valence-electron chi connectivity index (χ1n) is 6.28. The molecule has 3 N–H and O–H groups in total. The Balaban J connectivity index is 2.25. The molecule has 0 aromatic heterocycles. The molecule has 0 saturated heterocycles. The maximum absolute atomic E-state index is 11.7. The van der Waals surface area contributed by atoms with Crippen molar-refractivity contribution in [2.24, 2.45) is 17.1 Å². The van der Waals surface area contributed by atoms with Crippen LogP contribution in [0, 0.1) is 11.3 Å². The molecule has 1 saturated carbocycles. The molecule has 0 aliphatic heterocycles. The maximum atomic E-state index is 11.7. The molecule has 1 unspecified atom stereocenters. The molecule has 16 heavy (non-hydrogen) atoms. The third kappa shape index (κ3) is 3.78. The lowest BCUT2D eigenvalue weighted by Crippen LogP contribution is -2.50. The number of hydrogen-bond acceptors (Lipinski definition) is 2. The maximum Gasteiger partial charge on any atom is 0.221 e. The Morgan fingerprint density at radius 1 is 1.44 bits per heavy atom. The Hall–Kier alpha value is -0.570. The van der Waals surface area contributed by atoms with E-state index in [-0.39, 0.29) is 16.9 Å². The summed E-state index contributed by atoms with van der Waals surface area (Å²) < 4.78 is 0. The van der Waals surface area contributed by atoms with Gasteiger partial charge in [-0.3, -0.25) is 4.79 Å². The van der Waals surface area contributed by atoms with E-state index in [1.165, 1.54) is 6.42 Å². The number of carbonyl (C=O) groups is 1. The van der Waals surface area contributed by atoms with Crippen LogP contribution in [0.1, 0.15) is 53.4 Å². The standard InChI is InChI=1S/C13H26N2O/c1-10(12(2,3)4)9-15-11(16)8-13(14)6-5-7-13/h10H,5-9,14H2,1-4H3,(H,15,16). The Labute approximate surface area is 99.2 Å². The summed E-state index contributed by atoms with van der Waals surface area (Å²) in [6.45, 7) is 9.50. The monoisotopic (exact) mass is 226 g/mol. The molecule has 0 spiro atoms. The molecule has 0 bridgehead atoms. The molecule has 1 aliphatic carbocycles. The number of carbonyl (C=O) groups excluding carboxylic acids is 1. The van der Waals surface area contributed by atoms with E-state index in [9.17, 15) is 4.79 Å². The van der Waals surface area contributed by atoms with Crippen molar-refractivity contribution < 1.29 is 4.79 Å². The van der Waals surface area contributed by atoms with Crippen LogP contribution in [-0.4, -0.2) is 18.0 Å². The zero-order valence-electron chi connectivity index (χ0n) is 11.1. The molecule has 0 heterocycles. The third-order valence-electron chi connectivity index (χ3n) is 3.95. The van der Waals surface area contributed by atoms with Crippen molar-refractivity contribution in [3.05, 3.63) is 0 Å². The van der Waals surface area contributed by atoms with Crippen LogP contribution < -0.4 is 11.1 Å². The van der Waals surface area contributed by atoms with Crippen molar-refractivity contribution in [2.75, 3.05) is 6.54 Å². The molecular weight excluding hydrogens is 200 g/mol. The van der Waals surface area contributed by atoms with Gasteiger partial charge in [-0.25, -0.2) is 0 Å². The van der Waals surface area contributed by atoms with Gasteiger partial charge >= 0.3 is 0 Å². The predicted octanol–water partition coefficient (Wildman–Crippen LogP) is 2.06. The highest BCUT2D eigenvalue weighted by Crippen LogP contribution is 2.32. The number of rotatable bonds is 4. The summed E-state index contributed by atoms with van der Waals surface area (Å²) in [6, 6.07) is 0. The summed E-state index contributed by atoms with van der Waals surface area (Å²) in [5, 5.41) is 2.99. The van der Waals surface area contributed by atoms with Gasteiger partial charge in [-0.1, -0.05) is 27.7 Å². The molecule has 0 radical (unpaired) electrons. The second-order valence-corrected chi connectivity index (χ2v) is 6.46. The van der Waals surface area contributed by atoms with Crippen molar-refractivity contribution >= 4 is 5.91 Å². The van der Waals surface area contributed by atoms with Crippen LogP contribution in [0.3, 0.4) is 0 Å². The third-order valence-corrected chi connectivity index (χ3v) is 3.95. The van der Waals surface area contributed by atoms with Crippen molar-refractivity contribution in [1.82, 2.24) is 5.32 Å². The van der Waals surface area contributed by atoms with Crippen LogP contribution >= 0.6 is 0 Å². The van der Waals surface area contributed by atoms with Crippen molar-refractivity contribution in [3.63, 3.8) is 0 Å². The van der Waals surface area contributed by atoms with Gasteiger partial charge in [0.1, 0.15) is 0 Å². The first kappa shape index (κ1) is 13.5. The van der Waals surface area contributed by atoms with E-state index in [4.69, 9.17) is 5.73 Å². The van der Waals surface area contributed by atoms with Crippen LogP contribution in [-0.2, 0) is 4.79 Å². The predicted molar refractivity (Wildman–Crippen MR) is 67.0 cm³/mol. The topological polar surface area (TPSA) is 55.1 Å². The van der Waals surface area contributed by atoms with Gasteiger partial charge in [0.2, 0.25) is 5.91 Å². The Bertz CT molecular complexity index is 251. The fraction of sp³-hybridized carbons (Fsp3) is 0.923. The first-order chi connectivity index (χ1) is 7.23. The summed E-state index contributed by atoms with van der Waals surface area (Å²) in [5.41, 5.74) is 6.08. The van der Waals surface area contributed by atoms with Crippen LogP contribution in [0.2, 0.25) is 0 Å². The second kappa shape index (κ2) is 4.74. The molecule has 0 aromatic rings. The van der Waals surface area contributed by atoms with E-state index in [1.54, 1.807) is 0 Å². The highest BCUT2D eigenvalue weighted by Gasteiger charge is 2.34. The second-order valence-electron chi connectivity index (χ2n) is 6.46. The molecule has 94 valence electrons. The minimum absolute atomic E-state index is 0.110. The van der Waals surface area contributed by atoms with Crippen LogP contribution in [0.4, 0.5) is 0 Å². The molecule has 0 aromatic carbocycles. The van der Waals surface area contributed by atoms with Crippen LogP contribution in [0.25, 0.3) is 0 Å². The van der Waals surface area contributed by atoms with E-state index < -0.39 is 0 Å². The molecule has 1 rings (SSSR count). The lowest BCUT2D eigenvalue weighted by molar-refractivity contribution is -0.123. The fourth-order valence-electron chi connectivity index (χ4n) is 1.76. The van der Waals surface area contributed by atoms with E-state index in [2.05, 4.69) is 33.0 Å². The minimum Gasteiger partial charge on any atom is -0.356 e. The van der Waals surface area contributed by atoms with Gasteiger partial charge in [0.15, 0.2) is 0 Å². The van der Waals surface area contributed by atoms with Gasteiger partial charge < -0.3 is 11.1 Å². The highest BCUT2D eigenvalue weighted by atomic mass is 16.1. The van der Waals surface area contributed by atoms with Gasteiger partial charge in [0.05, 0.1) is 0 Å². The number of nitrogens with one attached hydrogen (secondary N) is 1. The van der Waals surface area contributed by atoms with Crippen molar-refractivity contribution in [1.29, 1.82) is 0 Å². The fourth-order valence-corrected chi connectivity index (χ4v) is 1.76. The van der Waals surface area contributed by atoms with Gasteiger partial charge in [0, 0.05) is 18.5 Å². The SMILES string of the molecule is CC(CNC(=O)CC1(N)CCC1)C(C)(C)C. The van der Waals surface area contributed by atoms with Crippen LogP contribution in [0.15, 0.2) is 0 Å².